The maximum Gasteiger partial charge on any atom is 0.229 e. The summed E-state index contributed by atoms with van der Waals surface area (Å²) in [5, 5.41) is 0.660. The third kappa shape index (κ3) is 3.62. The summed E-state index contributed by atoms with van der Waals surface area (Å²) in [7, 11) is 0. The molecule has 0 radical (unpaired) electrons. The first kappa shape index (κ1) is 17.0. The van der Waals surface area contributed by atoms with Crippen molar-refractivity contribution in [3.05, 3.63) is 41.2 Å². The van der Waals surface area contributed by atoms with Crippen LogP contribution in [0.25, 0.3) is 11.5 Å². The molecule has 1 aliphatic rings. The fraction of sp³-hybridized carbons (Fsp3) is 0.444. The van der Waals surface area contributed by atoms with Crippen LogP contribution < -0.4 is 5.73 Å². The van der Waals surface area contributed by atoms with Gasteiger partial charge in [-0.25, -0.2) is 4.98 Å². The van der Waals surface area contributed by atoms with Crippen LogP contribution in [0.3, 0.4) is 0 Å². The van der Waals surface area contributed by atoms with Gasteiger partial charge in [0, 0.05) is 29.7 Å². The number of aromatic nitrogens is 1. The second kappa shape index (κ2) is 7.36. The lowest BCUT2D eigenvalue weighted by Crippen LogP contribution is -2.51. The third-order valence-electron chi connectivity index (χ3n) is 4.65. The minimum atomic E-state index is 0.0629. The highest BCUT2D eigenvalue weighted by Gasteiger charge is 2.31. The van der Waals surface area contributed by atoms with Crippen LogP contribution in [0.1, 0.15) is 25.5 Å². The molecule has 128 valence electrons. The SMILES string of the molecule is C[C@@H]1CCCN(C(=O)Cc2coc(-c3ccc(Cl)cc3)n2)[C@@H]1CN. The smallest absolute Gasteiger partial charge is 0.229 e. The van der Waals surface area contributed by atoms with Gasteiger partial charge in [-0.05, 0) is 43.0 Å². The molecule has 2 heterocycles. The average molecular weight is 348 g/mol. The largest absolute Gasteiger partial charge is 0.444 e. The minimum absolute atomic E-state index is 0.0629. The number of piperidine rings is 1. The van der Waals surface area contributed by atoms with Gasteiger partial charge in [0.05, 0.1) is 12.1 Å². The number of carbonyl (C=O) groups is 1. The first-order valence-electron chi connectivity index (χ1n) is 8.28. The predicted octanol–water partition coefficient (Wildman–Crippen LogP) is 3.12. The van der Waals surface area contributed by atoms with Gasteiger partial charge in [-0.15, -0.1) is 0 Å². The molecular weight excluding hydrogens is 326 g/mol. The van der Waals surface area contributed by atoms with Crippen LogP contribution in [0.5, 0.6) is 0 Å². The molecule has 0 unspecified atom stereocenters. The highest BCUT2D eigenvalue weighted by molar-refractivity contribution is 6.30. The summed E-state index contributed by atoms with van der Waals surface area (Å²) in [5.74, 6) is 0.999. The molecule has 1 aliphatic heterocycles. The Morgan fingerprint density at radius 1 is 1.42 bits per heavy atom. The van der Waals surface area contributed by atoms with Crippen molar-refractivity contribution >= 4 is 17.5 Å². The van der Waals surface area contributed by atoms with Gasteiger partial charge in [-0.3, -0.25) is 4.79 Å². The molecule has 3 rings (SSSR count). The molecule has 6 heteroatoms. The van der Waals surface area contributed by atoms with Crippen molar-refractivity contribution < 1.29 is 9.21 Å². The molecule has 2 aromatic rings. The van der Waals surface area contributed by atoms with Crippen molar-refractivity contribution in [1.29, 1.82) is 0 Å². The van der Waals surface area contributed by atoms with E-state index in [1.165, 1.54) is 0 Å². The van der Waals surface area contributed by atoms with E-state index < -0.39 is 0 Å². The summed E-state index contributed by atoms with van der Waals surface area (Å²) < 4.78 is 5.50. The van der Waals surface area contributed by atoms with Gasteiger partial charge in [0.2, 0.25) is 11.8 Å². The lowest BCUT2D eigenvalue weighted by atomic mass is 9.90. The number of halogens is 1. The van der Waals surface area contributed by atoms with Crippen molar-refractivity contribution in [2.45, 2.75) is 32.2 Å². The number of amides is 1. The van der Waals surface area contributed by atoms with Crippen LogP contribution in [0.4, 0.5) is 0 Å². The number of rotatable bonds is 4. The van der Waals surface area contributed by atoms with E-state index in [0.717, 1.165) is 24.9 Å². The molecule has 0 saturated carbocycles. The van der Waals surface area contributed by atoms with Gasteiger partial charge in [-0.1, -0.05) is 18.5 Å². The Morgan fingerprint density at radius 3 is 2.88 bits per heavy atom. The molecule has 1 saturated heterocycles. The zero-order chi connectivity index (χ0) is 17.1. The van der Waals surface area contributed by atoms with E-state index >= 15 is 0 Å². The molecule has 2 N–H and O–H groups in total. The van der Waals surface area contributed by atoms with Gasteiger partial charge in [-0.2, -0.15) is 0 Å². The number of benzene rings is 1. The second-order valence-electron chi connectivity index (χ2n) is 6.34. The molecule has 1 aromatic carbocycles. The lowest BCUT2D eigenvalue weighted by Gasteiger charge is -2.39. The van der Waals surface area contributed by atoms with Crippen molar-refractivity contribution in [1.82, 2.24) is 9.88 Å². The number of nitrogens with zero attached hydrogens (tertiary/aromatic N) is 2. The fourth-order valence-electron chi connectivity index (χ4n) is 3.29. The molecule has 1 fully saturated rings. The average Bonchev–Trinajstić information content (AvgIpc) is 3.03. The molecule has 24 heavy (non-hydrogen) atoms. The molecule has 0 spiro atoms. The third-order valence-corrected chi connectivity index (χ3v) is 4.90. The zero-order valence-corrected chi connectivity index (χ0v) is 14.5. The second-order valence-corrected chi connectivity index (χ2v) is 6.77. The van der Waals surface area contributed by atoms with E-state index in [4.69, 9.17) is 21.8 Å². The number of carbonyl (C=O) groups excluding carboxylic acids is 1. The number of nitrogens with two attached hydrogens (primary N) is 1. The number of oxazole rings is 1. The number of hydrogen-bond donors (Lipinski definition) is 1. The monoisotopic (exact) mass is 347 g/mol. The standard InChI is InChI=1S/C18H22ClN3O2/c1-12-3-2-8-22(16(12)10-20)17(23)9-15-11-24-18(21-15)13-4-6-14(19)7-5-13/h4-7,11-12,16H,2-3,8-10,20H2,1H3/t12-,16-/m1/s1. The van der Waals surface area contributed by atoms with Crippen LogP contribution in [0.2, 0.25) is 5.02 Å². The van der Waals surface area contributed by atoms with E-state index in [0.29, 0.717) is 29.1 Å². The molecule has 2 atom stereocenters. The van der Waals surface area contributed by atoms with Crippen LogP contribution in [0, 0.1) is 5.92 Å². The number of likely N-dealkylation sites (tertiary alicyclic amines) is 1. The van der Waals surface area contributed by atoms with Gasteiger partial charge in [0.1, 0.15) is 6.26 Å². The Labute approximate surface area is 146 Å². The molecule has 5 nitrogen and oxygen atoms in total. The van der Waals surface area contributed by atoms with Crippen molar-refractivity contribution in [2.75, 3.05) is 13.1 Å². The summed E-state index contributed by atoms with van der Waals surface area (Å²) in [6.45, 7) is 3.43. The zero-order valence-electron chi connectivity index (χ0n) is 13.7. The minimum Gasteiger partial charge on any atom is -0.444 e. The Bertz CT molecular complexity index is 699. The van der Waals surface area contributed by atoms with Crippen molar-refractivity contribution in [3.8, 4) is 11.5 Å². The molecule has 0 bridgehead atoms. The van der Waals surface area contributed by atoms with Crippen LogP contribution in [0.15, 0.2) is 34.9 Å². The highest BCUT2D eigenvalue weighted by atomic mass is 35.5. The summed E-state index contributed by atoms with van der Waals surface area (Å²) in [5.41, 5.74) is 7.34. The highest BCUT2D eigenvalue weighted by Crippen LogP contribution is 2.24. The van der Waals surface area contributed by atoms with Crippen molar-refractivity contribution in [3.63, 3.8) is 0 Å². The molecule has 0 aliphatic carbocycles. The fourth-order valence-corrected chi connectivity index (χ4v) is 3.41. The van der Waals surface area contributed by atoms with Gasteiger partial charge in [0.25, 0.3) is 0 Å². The van der Waals surface area contributed by atoms with E-state index in [9.17, 15) is 4.79 Å². The van der Waals surface area contributed by atoms with E-state index in [2.05, 4.69) is 11.9 Å². The first-order chi connectivity index (χ1) is 11.6. The van der Waals surface area contributed by atoms with E-state index in [1.54, 1.807) is 18.4 Å². The summed E-state index contributed by atoms with van der Waals surface area (Å²) >= 11 is 5.89. The van der Waals surface area contributed by atoms with E-state index in [-0.39, 0.29) is 18.4 Å². The van der Waals surface area contributed by atoms with Gasteiger partial charge in [0.15, 0.2) is 0 Å². The van der Waals surface area contributed by atoms with Crippen LogP contribution >= 0.6 is 11.6 Å². The normalized spacial score (nSPS) is 21.0. The van der Waals surface area contributed by atoms with E-state index in [1.807, 2.05) is 17.0 Å². The Kier molecular flexibility index (Phi) is 5.21. The quantitative estimate of drug-likeness (QED) is 0.922. The lowest BCUT2D eigenvalue weighted by molar-refractivity contribution is -0.135. The van der Waals surface area contributed by atoms with Crippen LogP contribution in [-0.4, -0.2) is 34.9 Å². The van der Waals surface area contributed by atoms with Crippen molar-refractivity contribution in [2.24, 2.45) is 11.7 Å². The molecule has 1 amide bonds. The maximum atomic E-state index is 12.6. The summed E-state index contributed by atoms with van der Waals surface area (Å²) in [6.07, 6.45) is 3.93. The Balaban J connectivity index is 1.70. The predicted molar refractivity (Wildman–Crippen MR) is 93.6 cm³/mol. The topological polar surface area (TPSA) is 72.4 Å². The number of hydrogen-bond acceptors (Lipinski definition) is 4. The first-order valence-corrected chi connectivity index (χ1v) is 8.66. The molecular formula is C18H22ClN3O2. The summed E-state index contributed by atoms with van der Waals surface area (Å²) in [6, 6.07) is 7.38. The van der Waals surface area contributed by atoms with Gasteiger partial charge >= 0.3 is 0 Å². The van der Waals surface area contributed by atoms with Crippen LogP contribution in [-0.2, 0) is 11.2 Å². The maximum absolute atomic E-state index is 12.6. The Hall–Kier alpha value is -1.85. The van der Waals surface area contributed by atoms with Gasteiger partial charge < -0.3 is 15.1 Å². The molecule has 1 aromatic heterocycles. The Morgan fingerprint density at radius 2 is 2.17 bits per heavy atom. The summed E-state index contributed by atoms with van der Waals surface area (Å²) in [4.78, 5) is 19.0.